The van der Waals surface area contributed by atoms with Gasteiger partial charge in [0.2, 0.25) is 15.0 Å². The molecule has 11 heteroatoms. The molecule has 1 rings (SSSR count). The largest absolute Gasteiger partial charge is 0.479 e. The normalized spacial score (nSPS) is 20.8. The number of carbonyl (C=O) groups excluding carboxylic acids is 2. The molecule has 0 aromatic rings. The first kappa shape index (κ1) is 17.8. The van der Waals surface area contributed by atoms with Gasteiger partial charge in [0.1, 0.15) is 5.25 Å². The van der Waals surface area contributed by atoms with Gasteiger partial charge in [-0.15, -0.1) is 0 Å². The van der Waals surface area contributed by atoms with Gasteiger partial charge in [-0.25, -0.2) is 8.42 Å². The summed E-state index contributed by atoms with van der Waals surface area (Å²) in [4.78, 5) is 23.3. The van der Waals surface area contributed by atoms with E-state index in [4.69, 9.17) is 15.4 Å². The highest BCUT2D eigenvalue weighted by atomic mass is 35.7. The van der Waals surface area contributed by atoms with Crippen molar-refractivity contribution in [2.75, 3.05) is 13.2 Å². The monoisotopic (exact) mass is 349 g/mol. The second-order valence-electron chi connectivity index (χ2n) is 4.08. The zero-order valence-corrected chi connectivity index (χ0v) is 12.3. The summed E-state index contributed by atoms with van der Waals surface area (Å²) in [6.07, 6.45) is -5.50. The van der Waals surface area contributed by atoms with Crippen LogP contribution >= 0.6 is 10.7 Å². The number of likely N-dealkylation sites (tertiary alicyclic amines) is 1. The maximum atomic E-state index is 12.2. The summed E-state index contributed by atoms with van der Waals surface area (Å²) in [6, 6.07) is 0. The van der Waals surface area contributed by atoms with E-state index >= 15 is 0 Å². The van der Waals surface area contributed by atoms with Crippen LogP contribution in [0.3, 0.4) is 0 Å². The highest BCUT2D eigenvalue weighted by Gasteiger charge is 2.42. The number of ether oxygens (including phenoxy) is 1. The third-order valence-corrected chi connectivity index (χ3v) is 4.45. The smallest absolute Gasteiger partial charge is 0.454 e. The van der Waals surface area contributed by atoms with Crippen molar-refractivity contribution in [1.29, 1.82) is 0 Å². The Hall–Kier alpha value is -1.29. The Morgan fingerprint density at radius 3 is 2.48 bits per heavy atom. The highest BCUT2D eigenvalue weighted by Crippen LogP contribution is 2.26. The molecule has 1 aliphatic heterocycles. The van der Waals surface area contributed by atoms with Crippen molar-refractivity contribution in [2.24, 2.45) is 0 Å². The summed E-state index contributed by atoms with van der Waals surface area (Å²) in [7, 11) is 1.06. The molecule has 0 spiro atoms. The molecule has 1 amide bonds. The van der Waals surface area contributed by atoms with Crippen LogP contribution in [0.25, 0.3) is 0 Å². The van der Waals surface area contributed by atoms with E-state index in [1.165, 1.54) is 6.92 Å². The van der Waals surface area contributed by atoms with Crippen molar-refractivity contribution in [3.05, 3.63) is 12.0 Å². The molecule has 0 bridgehead atoms. The van der Waals surface area contributed by atoms with E-state index in [2.05, 4.69) is 0 Å². The summed E-state index contributed by atoms with van der Waals surface area (Å²) in [5, 5.41) is -1.27. The Morgan fingerprint density at radius 1 is 1.52 bits per heavy atom. The lowest BCUT2D eigenvalue weighted by Crippen LogP contribution is -2.30. The predicted octanol–water partition coefficient (Wildman–Crippen LogP) is 1.17. The molecule has 1 aliphatic rings. The lowest BCUT2D eigenvalue weighted by molar-refractivity contribution is -0.165. The summed E-state index contributed by atoms with van der Waals surface area (Å²) in [5.74, 6) is -3.65. The number of hydrogen-bond acceptors (Lipinski definition) is 5. The van der Waals surface area contributed by atoms with E-state index in [0.29, 0.717) is 4.90 Å². The molecular weight excluding hydrogens is 339 g/mol. The van der Waals surface area contributed by atoms with Gasteiger partial charge >= 0.3 is 6.18 Å². The Balaban J connectivity index is 3.05. The standard InChI is InChI=1S/C10H11ClF3NO5S/c1-2-20-9(4-7(16)10(12,13)14)15-5-6(3-8(15)17)21(11,18)19/h4,6H,2-3,5H2,1H3. The van der Waals surface area contributed by atoms with Crippen LogP contribution in [0.4, 0.5) is 13.2 Å². The van der Waals surface area contributed by atoms with Crippen molar-refractivity contribution in [1.82, 2.24) is 4.90 Å². The lowest BCUT2D eigenvalue weighted by atomic mass is 10.3. The van der Waals surface area contributed by atoms with Crippen LogP contribution in [-0.4, -0.2) is 49.6 Å². The maximum Gasteiger partial charge on any atom is 0.454 e. The number of nitrogens with zero attached hydrogens (tertiary/aromatic N) is 1. The Morgan fingerprint density at radius 2 is 2.10 bits per heavy atom. The van der Waals surface area contributed by atoms with Gasteiger partial charge in [-0.1, -0.05) is 0 Å². The molecule has 0 aromatic heterocycles. The molecule has 0 saturated carbocycles. The number of halogens is 4. The molecule has 1 atom stereocenters. The fourth-order valence-electron chi connectivity index (χ4n) is 1.62. The quantitative estimate of drug-likeness (QED) is 0.423. The summed E-state index contributed by atoms with van der Waals surface area (Å²) in [5.41, 5.74) is 0. The Bertz CT molecular complexity index is 572. The van der Waals surface area contributed by atoms with E-state index in [1.807, 2.05) is 0 Å². The zero-order chi connectivity index (χ0) is 16.4. The van der Waals surface area contributed by atoms with Gasteiger partial charge in [-0.3, -0.25) is 14.5 Å². The number of carbonyl (C=O) groups is 2. The van der Waals surface area contributed by atoms with Crippen LogP contribution in [0, 0.1) is 0 Å². The fourth-order valence-corrected chi connectivity index (χ4v) is 2.64. The van der Waals surface area contributed by atoms with Crippen molar-refractivity contribution in [3.8, 4) is 0 Å². The molecule has 1 fully saturated rings. The Kier molecular flexibility index (Phi) is 5.26. The third-order valence-electron chi connectivity index (χ3n) is 2.58. The molecule has 120 valence electrons. The lowest BCUT2D eigenvalue weighted by Gasteiger charge is -2.19. The number of ketones is 1. The average molecular weight is 350 g/mol. The minimum absolute atomic E-state index is 0.112. The number of hydrogen-bond donors (Lipinski definition) is 0. The molecule has 0 radical (unpaired) electrons. The molecule has 21 heavy (non-hydrogen) atoms. The van der Waals surface area contributed by atoms with Gasteiger partial charge in [0, 0.05) is 23.6 Å². The van der Waals surface area contributed by atoms with Crippen LogP contribution < -0.4 is 0 Å². The zero-order valence-electron chi connectivity index (χ0n) is 10.7. The van der Waals surface area contributed by atoms with Crippen molar-refractivity contribution in [3.63, 3.8) is 0 Å². The summed E-state index contributed by atoms with van der Waals surface area (Å²) < 4.78 is 63.9. The van der Waals surface area contributed by atoms with Gasteiger partial charge in [0.05, 0.1) is 12.7 Å². The number of allylic oxidation sites excluding steroid dienone is 1. The minimum atomic E-state index is -5.12. The first-order chi connectivity index (χ1) is 9.46. The van der Waals surface area contributed by atoms with E-state index in [1.54, 1.807) is 0 Å². The van der Waals surface area contributed by atoms with Crippen molar-refractivity contribution >= 4 is 31.4 Å². The van der Waals surface area contributed by atoms with Crippen LogP contribution in [0.2, 0.25) is 0 Å². The second kappa shape index (κ2) is 6.22. The molecule has 0 N–H and O–H groups in total. The molecule has 1 unspecified atom stereocenters. The SMILES string of the molecule is CCOC(=CC(=O)C(F)(F)F)N1CC(S(=O)(=O)Cl)CC1=O. The second-order valence-corrected chi connectivity index (χ2v) is 6.99. The van der Waals surface area contributed by atoms with Gasteiger partial charge in [0.15, 0.2) is 5.88 Å². The van der Waals surface area contributed by atoms with Gasteiger partial charge in [-0.2, -0.15) is 13.2 Å². The minimum Gasteiger partial charge on any atom is -0.479 e. The Labute approximate surface area is 122 Å². The fraction of sp³-hybridized carbons (Fsp3) is 0.600. The number of rotatable bonds is 5. The molecular formula is C10H11ClF3NO5S. The summed E-state index contributed by atoms with van der Waals surface area (Å²) in [6.45, 7) is 0.850. The molecule has 6 nitrogen and oxygen atoms in total. The van der Waals surface area contributed by atoms with Crippen molar-refractivity contribution in [2.45, 2.75) is 24.8 Å². The number of amides is 1. The molecule has 0 aromatic carbocycles. The van der Waals surface area contributed by atoms with E-state index in [9.17, 15) is 31.2 Å². The first-order valence-electron chi connectivity index (χ1n) is 5.66. The van der Waals surface area contributed by atoms with E-state index in [-0.39, 0.29) is 12.7 Å². The number of alkyl halides is 3. The molecule has 1 heterocycles. The average Bonchev–Trinajstić information content (AvgIpc) is 2.69. The molecule has 1 saturated heterocycles. The highest BCUT2D eigenvalue weighted by molar-refractivity contribution is 8.14. The molecule has 0 aliphatic carbocycles. The van der Waals surface area contributed by atoms with E-state index < -0.39 is 51.0 Å². The topological polar surface area (TPSA) is 80.8 Å². The van der Waals surface area contributed by atoms with E-state index in [0.717, 1.165) is 0 Å². The van der Waals surface area contributed by atoms with Gasteiger partial charge in [-0.05, 0) is 6.92 Å². The van der Waals surface area contributed by atoms with Gasteiger partial charge in [0.25, 0.3) is 5.78 Å². The summed E-state index contributed by atoms with van der Waals surface area (Å²) >= 11 is 0. The van der Waals surface area contributed by atoms with Crippen LogP contribution in [0.15, 0.2) is 12.0 Å². The van der Waals surface area contributed by atoms with Crippen LogP contribution in [0.1, 0.15) is 13.3 Å². The first-order valence-corrected chi connectivity index (χ1v) is 8.03. The van der Waals surface area contributed by atoms with Gasteiger partial charge < -0.3 is 4.74 Å². The van der Waals surface area contributed by atoms with Crippen LogP contribution in [0.5, 0.6) is 0 Å². The maximum absolute atomic E-state index is 12.2. The van der Waals surface area contributed by atoms with Crippen LogP contribution in [-0.2, 0) is 23.4 Å². The van der Waals surface area contributed by atoms with Crippen molar-refractivity contribution < 1.29 is 35.9 Å². The third kappa shape index (κ3) is 4.60. The predicted molar refractivity (Wildman–Crippen MR) is 65.7 cm³/mol.